The summed E-state index contributed by atoms with van der Waals surface area (Å²) in [7, 11) is 0. The maximum Gasteiger partial charge on any atom is 0.257 e. The zero-order chi connectivity index (χ0) is 19.0. The summed E-state index contributed by atoms with van der Waals surface area (Å²) in [6.07, 6.45) is 7.25. The molecule has 1 atom stereocenters. The minimum Gasteiger partial charge on any atom is -0.475 e. The van der Waals surface area contributed by atoms with Crippen LogP contribution in [0.3, 0.4) is 0 Å². The quantitative estimate of drug-likeness (QED) is 0.734. The van der Waals surface area contributed by atoms with E-state index in [9.17, 15) is 0 Å². The summed E-state index contributed by atoms with van der Waals surface area (Å²) in [5.41, 5.74) is 1.90. The third kappa shape index (κ3) is 3.83. The number of rotatable bonds is 1. The Morgan fingerprint density at radius 1 is 1.19 bits per heavy atom. The summed E-state index contributed by atoms with van der Waals surface area (Å²) in [6.45, 7) is 7.07. The molecule has 1 saturated carbocycles. The van der Waals surface area contributed by atoms with Gasteiger partial charge in [0.25, 0.3) is 5.88 Å². The van der Waals surface area contributed by atoms with E-state index in [1.165, 1.54) is 12.8 Å². The molecule has 1 unspecified atom stereocenters. The second kappa shape index (κ2) is 7.54. The van der Waals surface area contributed by atoms with Crippen molar-refractivity contribution in [2.75, 3.05) is 17.2 Å². The number of anilines is 3. The van der Waals surface area contributed by atoms with Gasteiger partial charge in [-0.25, -0.2) is 4.98 Å². The van der Waals surface area contributed by atoms with Gasteiger partial charge in [0.1, 0.15) is 10.7 Å². The molecule has 2 N–H and O–H groups in total. The second-order valence-corrected chi connectivity index (χ2v) is 8.23. The SMILES string of the molecule is Cc1c2c(nn1C1CCC(C)CC1)OCCC(C)Nc1nc(ncc1Cl)N2. The molecule has 1 fully saturated rings. The Morgan fingerprint density at radius 3 is 2.74 bits per heavy atom. The zero-order valence-corrected chi connectivity index (χ0v) is 16.9. The first-order chi connectivity index (χ1) is 13.0. The molecular weight excluding hydrogens is 364 g/mol. The lowest BCUT2D eigenvalue weighted by molar-refractivity contribution is 0.255. The van der Waals surface area contributed by atoms with Gasteiger partial charge in [0.05, 0.1) is 24.5 Å². The second-order valence-electron chi connectivity index (χ2n) is 7.82. The highest BCUT2D eigenvalue weighted by Crippen LogP contribution is 2.38. The smallest absolute Gasteiger partial charge is 0.257 e. The summed E-state index contributed by atoms with van der Waals surface area (Å²) in [5.74, 6) is 2.55. The van der Waals surface area contributed by atoms with Crippen LogP contribution < -0.4 is 15.4 Å². The Bertz CT molecular complexity index is 815. The van der Waals surface area contributed by atoms with E-state index in [2.05, 4.69) is 46.1 Å². The van der Waals surface area contributed by atoms with E-state index in [1.807, 2.05) is 0 Å². The highest BCUT2D eigenvalue weighted by Gasteiger charge is 2.26. The highest BCUT2D eigenvalue weighted by molar-refractivity contribution is 6.32. The molecule has 3 heterocycles. The Labute approximate surface area is 164 Å². The molecule has 2 aromatic heterocycles. The molecule has 8 heteroatoms. The first kappa shape index (κ1) is 18.3. The summed E-state index contributed by atoms with van der Waals surface area (Å²) in [6, 6.07) is 0.601. The predicted octanol–water partition coefficient (Wildman–Crippen LogP) is 4.71. The molecule has 27 heavy (non-hydrogen) atoms. The summed E-state index contributed by atoms with van der Waals surface area (Å²) in [5, 5.41) is 12.0. The van der Waals surface area contributed by atoms with Crippen molar-refractivity contribution in [3.8, 4) is 5.88 Å². The summed E-state index contributed by atoms with van der Waals surface area (Å²) >= 11 is 6.24. The highest BCUT2D eigenvalue weighted by atomic mass is 35.5. The van der Waals surface area contributed by atoms with Crippen LogP contribution in [-0.2, 0) is 0 Å². The van der Waals surface area contributed by atoms with E-state index < -0.39 is 0 Å². The lowest BCUT2D eigenvalue weighted by atomic mass is 9.87. The fourth-order valence-corrected chi connectivity index (χ4v) is 4.00. The van der Waals surface area contributed by atoms with Crippen molar-refractivity contribution < 1.29 is 4.74 Å². The van der Waals surface area contributed by atoms with Crippen LogP contribution in [0.4, 0.5) is 17.5 Å². The molecule has 146 valence electrons. The molecule has 0 spiro atoms. The van der Waals surface area contributed by atoms with Crippen molar-refractivity contribution in [1.82, 2.24) is 19.7 Å². The number of halogens is 1. The van der Waals surface area contributed by atoms with Gasteiger partial charge in [-0.3, -0.25) is 4.68 Å². The molecule has 2 aliphatic rings. The van der Waals surface area contributed by atoms with E-state index in [0.29, 0.717) is 35.3 Å². The fourth-order valence-electron chi connectivity index (χ4n) is 3.86. The van der Waals surface area contributed by atoms with Crippen LogP contribution in [0.15, 0.2) is 6.20 Å². The van der Waals surface area contributed by atoms with Crippen LogP contribution in [0.5, 0.6) is 5.88 Å². The number of nitrogens with one attached hydrogen (secondary N) is 2. The monoisotopic (exact) mass is 390 g/mol. The van der Waals surface area contributed by atoms with Crippen molar-refractivity contribution >= 4 is 29.1 Å². The maximum atomic E-state index is 6.24. The molecular formula is C19H27ClN6O. The van der Waals surface area contributed by atoms with E-state index >= 15 is 0 Å². The van der Waals surface area contributed by atoms with E-state index in [0.717, 1.165) is 36.6 Å². The Hall–Kier alpha value is -2.02. The molecule has 0 aromatic carbocycles. The van der Waals surface area contributed by atoms with Crippen molar-refractivity contribution in [3.63, 3.8) is 0 Å². The van der Waals surface area contributed by atoms with Gasteiger partial charge < -0.3 is 15.4 Å². The average molecular weight is 391 g/mol. The van der Waals surface area contributed by atoms with Crippen molar-refractivity contribution in [3.05, 3.63) is 16.9 Å². The van der Waals surface area contributed by atoms with Gasteiger partial charge in [-0.1, -0.05) is 18.5 Å². The zero-order valence-electron chi connectivity index (χ0n) is 16.1. The molecule has 1 aliphatic carbocycles. The molecule has 1 aliphatic heterocycles. The Kier molecular flexibility index (Phi) is 5.12. The summed E-state index contributed by atoms with van der Waals surface area (Å²) in [4.78, 5) is 8.86. The minimum atomic E-state index is 0.176. The number of fused-ring (bicyclic) bond motifs is 3. The van der Waals surface area contributed by atoms with Gasteiger partial charge in [-0.05, 0) is 45.4 Å². The van der Waals surface area contributed by atoms with E-state index in [-0.39, 0.29) is 6.04 Å². The van der Waals surface area contributed by atoms with Gasteiger partial charge in [0, 0.05) is 12.5 Å². The van der Waals surface area contributed by atoms with Gasteiger partial charge in [0.2, 0.25) is 5.95 Å². The Balaban J connectivity index is 1.69. The van der Waals surface area contributed by atoms with Gasteiger partial charge >= 0.3 is 0 Å². The molecule has 0 amide bonds. The van der Waals surface area contributed by atoms with Crippen LogP contribution in [0.25, 0.3) is 0 Å². The number of nitrogens with zero attached hydrogens (tertiary/aromatic N) is 4. The Morgan fingerprint density at radius 2 is 1.96 bits per heavy atom. The first-order valence-corrected chi connectivity index (χ1v) is 10.2. The van der Waals surface area contributed by atoms with Crippen molar-refractivity contribution in [2.45, 2.75) is 65.0 Å². The van der Waals surface area contributed by atoms with Gasteiger partial charge in [0.15, 0.2) is 5.82 Å². The van der Waals surface area contributed by atoms with Gasteiger partial charge in [-0.15, -0.1) is 5.10 Å². The third-order valence-electron chi connectivity index (χ3n) is 5.60. The molecule has 2 aromatic rings. The first-order valence-electron chi connectivity index (χ1n) is 9.79. The average Bonchev–Trinajstić information content (AvgIpc) is 2.93. The molecule has 0 saturated heterocycles. The number of hydrogen-bond acceptors (Lipinski definition) is 6. The normalized spacial score (nSPS) is 25.4. The van der Waals surface area contributed by atoms with Gasteiger partial charge in [-0.2, -0.15) is 4.98 Å². The van der Waals surface area contributed by atoms with Crippen LogP contribution in [0, 0.1) is 12.8 Å². The lowest BCUT2D eigenvalue weighted by Crippen LogP contribution is -2.20. The van der Waals surface area contributed by atoms with Crippen LogP contribution in [0.2, 0.25) is 5.02 Å². The third-order valence-corrected chi connectivity index (χ3v) is 5.88. The number of aromatic nitrogens is 4. The standard InChI is InChI=1S/C19H27ClN6O/c1-11-4-6-14(7-5-11)26-13(3)16-18(25-26)27-9-8-12(2)22-17-15(20)10-21-19(23-16)24-17/h10-12,14H,4-9H2,1-3H3,(H2,21,22,23,24). The fraction of sp³-hybridized carbons (Fsp3) is 0.632. The summed E-state index contributed by atoms with van der Waals surface area (Å²) < 4.78 is 8.18. The van der Waals surface area contributed by atoms with Crippen molar-refractivity contribution in [1.29, 1.82) is 0 Å². The molecule has 2 bridgehead atoms. The molecule has 7 nitrogen and oxygen atoms in total. The van der Waals surface area contributed by atoms with Crippen LogP contribution in [0.1, 0.15) is 57.7 Å². The maximum absolute atomic E-state index is 6.24. The number of ether oxygens (including phenoxy) is 1. The lowest BCUT2D eigenvalue weighted by Gasteiger charge is -2.27. The predicted molar refractivity (Wildman–Crippen MR) is 107 cm³/mol. The number of hydrogen-bond donors (Lipinski definition) is 2. The molecule has 4 rings (SSSR count). The largest absolute Gasteiger partial charge is 0.475 e. The van der Waals surface area contributed by atoms with Crippen molar-refractivity contribution in [2.24, 2.45) is 5.92 Å². The van der Waals surface area contributed by atoms with E-state index in [4.69, 9.17) is 21.4 Å². The minimum absolute atomic E-state index is 0.176. The van der Waals surface area contributed by atoms with Crippen LogP contribution in [-0.4, -0.2) is 32.4 Å². The van der Waals surface area contributed by atoms with Crippen LogP contribution >= 0.6 is 11.6 Å². The topological polar surface area (TPSA) is 76.9 Å². The van der Waals surface area contributed by atoms with E-state index in [1.54, 1.807) is 6.20 Å². The molecule has 0 radical (unpaired) electrons.